The molecular formula is C18H16F3NO4. The predicted octanol–water partition coefficient (Wildman–Crippen LogP) is 3.85. The van der Waals surface area contributed by atoms with Crippen molar-refractivity contribution in [1.29, 1.82) is 0 Å². The molecule has 2 aromatic carbocycles. The molecule has 5 nitrogen and oxygen atoms in total. The van der Waals surface area contributed by atoms with E-state index < -0.39 is 17.7 Å². The molecule has 0 unspecified atom stereocenters. The number of ether oxygens (including phenoxy) is 2. The third-order valence-electron chi connectivity index (χ3n) is 3.20. The number of esters is 1. The smallest absolute Gasteiger partial charge is 0.416 e. The minimum atomic E-state index is -4.46. The number of alkyl halides is 3. The Kier molecular flexibility index (Phi) is 6.24. The lowest BCUT2D eigenvalue weighted by atomic mass is 10.2. The van der Waals surface area contributed by atoms with Crippen LogP contribution in [0, 0.1) is 0 Å². The Bertz CT molecular complexity index is 790. The average molecular weight is 367 g/mol. The fourth-order valence-electron chi connectivity index (χ4n) is 1.97. The molecule has 0 aliphatic rings. The number of halogens is 3. The molecule has 8 heteroatoms. The Hall–Kier alpha value is -3.00. The molecule has 0 heterocycles. The molecule has 2 rings (SSSR count). The maximum Gasteiger partial charge on any atom is 0.416 e. The van der Waals surface area contributed by atoms with Gasteiger partial charge in [-0.05, 0) is 24.3 Å². The summed E-state index contributed by atoms with van der Waals surface area (Å²) in [7, 11) is 1.31. The summed E-state index contributed by atoms with van der Waals surface area (Å²) in [5.74, 6) is -0.520. The number of hydrogen-bond acceptors (Lipinski definition) is 5. The maximum absolute atomic E-state index is 12.7. The Labute approximate surface area is 147 Å². The number of rotatable bonds is 7. The minimum Gasteiger partial charge on any atom is -0.489 e. The second-order valence-electron chi connectivity index (χ2n) is 5.10. The molecule has 26 heavy (non-hydrogen) atoms. The number of hydroxylamine groups is 1. The van der Waals surface area contributed by atoms with E-state index in [1.807, 2.05) is 0 Å². The van der Waals surface area contributed by atoms with E-state index in [-0.39, 0.29) is 23.8 Å². The van der Waals surface area contributed by atoms with E-state index in [9.17, 15) is 18.0 Å². The summed E-state index contributed by atoms with van der Waals surface area (Å²) in [4.78, 5) is 16.4. The summed E-state index contributed by atoms with van der Waals surface area (Å²) in [6.07, 6.45) is -4.46. The van der Waals surface area contributed by atoms with E-state index in [1.54, 1.807) is 18.2 Å². The molecule has 0 amide bonds. The van der Waals surface area contributed by atoms with Crippen molar-refractivity contribution in [3.63, 3.8) is 0 Å². The second-order valence-corrected chi connectivity index (χ2v) is 5.10. The molecule has 0 aromatic heterocycles. The quantitative estimate of drug-likeness (QED) is 0.349. The van der Waals surface area contributed by atoms with Crippen LogP contribution in [0.3, 0.4) is 0 Å². The van der Waals surface area contributed by atoms with Gasteiger partial charge in [0.15, 0.2) is 0 Å². The van der Waals surface area contributed by atoms with Crippen LogP contribution in [0.15, 0.2) is 60.8 Å². The first-order valence-electron chi connectivity index (χ1n) is 7.39. The van der Waals surface area contributed by atoms with Gasteiger partial charge in [0.05, 0.1) is 12.7 Å². The van der Waals surface area contributed by atoms with E-state index in [0.29, 0.717) is 5.56 Å². The van der Waals surface area contributed by atoms with Crippen molar-refractivity contribution in [3.05, 3.63) is 71.9 Å². The average Bonchev–Trinajstić information content (AvgIpc) is 2.60. The Morgan fingerprint density at radius 2 is 1.88 bits per heavy atom. The van der Waals surface area contributed by atoms with Crippen LogP contribution in [0.1, 0.15) is 11.1 Å². The summed E-state index contributed by atoms with van der Waals surface area (Å²) in [5, 5.41) is 0. The normalized spacial score (nSPS) is 10.9. The highest BCUT2D eigenvalue weighted by molar-refractivity contribution is 5.88. The van der Waals surface area contributed by atoms with Gasteiger partial charge in [-0.25, -0.2) is 4.79 Å². The Balaban J connectivity index is 2.09. The maximum atomic E-state index is 12.7. The summed E-state index contributed by atoms with van der Waals surface area (Å²) < 4.78 is 48.8. The van der Waals surface area contributed by atoms with Crippen LogP contribution in [0.2, 0.25) is 0 Å². The molecule has 2 aromatic rings. The highest BCUT2D eigenvalue weighted by atomic mass is 19.4. The van der Waals surface area contributed by atoms with Crippen molar-refractivity contribution in [2.75, 3.05) is 7.11 Å². The molecule has 0 atom stereocenters. The van der Waals surface area contributed by atoms with E-state index in [0.717, 1.165) is 12.1 Å². The van der Waals surface area contributed by atoms with Gasteiger partial charge in [-0.1, -0.05) is 30.8 Å². The zero-order valence-electron chi connectivity index (χ0n) is 13.8. The number of benzene rings is 2. The summed E-state index contributed by atoms with van der Waals surface area (Å²) >= 11 is 0. The van der Waals surface area contributed by atoms with Crippen molar-refractivity contribution < 1.29 is 32.3 Å². The lowest BCUT2D eigenvalue weighted by Gasteiger charge is -2.13. The first kappa shape index (κ1) is 19.3. The van der Waals surface area contributed by atoms with Crippen LogP contribution in [0.5, 0.6) is 11.5 Å². The molecular weight excluding hydrogens is 351 g/mol. The fourth-order valence-corrected chi connectivity index (χ4v) is 1.97. The summed E-state index contributed by atoms with van der Waals surface area (Å²) in [5.41, 5.74) is 1.81. The molecule has 0 aliphatic carbocycles. The topological polar surface area (TPSA) is 56.8 Å². The Morgan fingerprint density at radius 3 is 2.58 bits per heavy atom. The molecule has 138 valence electrons. The van der Waals surface area contributed by atoms with Crippen LogP contribution >= 0.6 is 0 Å². The SMILES string of the molecule is C=C(NOC)C(=O)Oc1ccccc1COc1cccc(C(F)(F)F)c1. The molecule has 1 N–H and O–H groups in total. The number of nitrogens with one attached hydrogen (secondary N) is 1. The van der Waals surface area contributed by atoms with Crippen LogP contribution in [-0.2, 0) is 22.4 Å². The van der Waals surface area contributed by atoms with Crippen LogP contribution in [-0.4, -0.2) is 13.1 Å². The zero-order valence-corrected chi connectivity index (χ0v) is 13.8. The van der Waals surface area contributed by atoms with Gasteiger partial charge in [-0.3, -0.25) is 10.3 Å². The van der Waals surface area contributed by atoms with Gasteiger partial charge in [0, 0.05) is 5.56 Å². The molecule has 0 saturated carbocycles. The number of carbonyl (C=O) groups excluding carboxylic acids is 1. The zero-order chi connectivity index (χ0) is 19.2. The second kappa shape index (κ2) is 8.39. The molecule has 0 spiro atoms. The first-order valence-corrected chi connectivity index (χ1v) is 7.39. The van der Waals surface area contributed by atoms with Gasteiger partial charge in [0.25, 0.3) is 0 Å². The largest absolute Gasteiger partial charge is 0.489 e. The third kappa shape index (κ3) is 5.25. The van der Waals surface area contributed by atoms with Gasteiger partial charge in [-0.15, -0.1) is 0 Å². The number of hydrogen-bond donors (Lipinski definition) is 1. The van der Waals surface area contributed by atoms with Gasteiger partial charge in [0.2, 0.25) is 0 Å². The minimum absolute atomic E-state index is 0.0476. The third-order valence-corrected chi connectivity index (χ3v) is 3.20. The van der Waals surface area contributed by atoms with Crippen molar-refractivity contribution >= 4 is 5.97 Å². The first-order chi connectivity index (χ1) is 12.3. The van der Waals surface area contributed by atoms with Crippen LogP contribution in [0.25, 0.3) is 0 Å². The Morgan fingerprint density at radius 1 is 1.15 bits per heavy atom. The van der Waals surface area contributed by atoms with E-state index in [2.05, 4.69) is 16.9 Å². The molecule has 0 fully saturated rings. The highest BCUT2D eigenvalue weighted by Gasteiger charge is 2.30. The number of para-hydroxylation sites is 1. The van der Waals surface area contributed by atoms with Gasteiger partial charge < -0.3 is 9.47 Å². The van der Waals surface area contributed by atoms with Gasteiger partial charge in [0.1, 0.15) is 23.8 Å². The lowest BCUT2D eigenvalue weighted by Crippen LogP contribution is -2.22. The number of carbonyl (C=O) groups is 1. The summed E-state index contributed by atoms with van der Waals surface area (Å²) in [6, 6.07) is 11.0. The predicted molar refractivity (Wildman–Crippen MR) is 87.1 cm³/mol. The molecule has 0 bridgehead atoms. The van der Waals surface area contributed by atoms with E-state index in [1.165, 1.54) is 25.3 Å². The van der Waals surface area contributed by atoms with Crippen molar-refractivity contribution in [3.8, 4) is 11.5 Å². The monoisotopic (exact) mass is 367 g/mol. The highest BCUT2D eigenvalue weighted by Crippen LogP contribution is 2.31. The van der Waals surface area contributed by atoms with Crippen LogP contribution < -0.4 is 15.0 Å². The van der Waals surface area contributed by atoms with Gasteiger partial charge in [-0.2, -0.15) is 13.2 Å². The van der Waals surface area contributed by atoms with Crippen molar-refractivity contribution in [2.24, 2.45) is 0 Å². The van der Waals surface area contributed by atoms with E-state index >= 15 is 0 Å². The summed E-state index contributed by atoms with van der Waals surface area (Å²) in [6.45, 7) is 3.36. The van der Waals surface area contributed by atoms with Crippen molar-refractivity contribution in [1.82, 2.24) is 5.48 Å². The standard InChI is InChI=1S/C18H16F3NO4/c1-12(22-24-2)17(23)26-16-9-4-3-6-13(16)11-25-15-8-5-7-14(10-15)18(19,20)21/h3-10,22H,1,11H2,2H3. The molecule has 0 aliphatic heterocycles. The van der Waals surface area contributed by atoms with E-state index in [4.69, 9.17) is 9.47 Å². The molecule has 0 saturated heterocycles. The fraction of sp³-hybridized carbons (Fsp3) is 0.167. The molecule has 0 radical (unpaired) electrons. The van der Waals surface area contributed by atoms with Gasteiger partial charge >= 0.3 is 12.1 Å². The van der Waals surface area contributed by atoms with Crippen molar-refractivity contribution in [2.45, 2.75) is 12.8 Å². The lowest BCUT2D eigenvalue weighted by molar-refractivity contribution is -0.137. The van der Waals surface area contributed by atoms with Crippen LogP contribution in [0.4, 0.5) is 13.2 Å².